The number of hydrogen-bond acceptors (Lipinski definition) is 6. The first kappa shape index (κ1) is 24.1. The number of fused-ring (bicyclic) bond motifs is 1. The molecule has 1 aromatic carbocycles. The quantitative estimate of drug-likeness (QED) is 0.312. The van der Waals surface area contributed by atoms with Gasteiger partial charge in [0.15, 0.2) is 5.82 Å². The van der Waals surface area contributed by atoms with Gasteiger partial charge in [-0.15, -0.1) is 11.3 Å². The molecule has 33 heavy (non-hydrogen) atoms. The number of amidine groups is 1. The van der Waals surface area contributed by atoms with Gasteiger partial charge in [0.25, 0.3) is 11.5 Å². The monoisotopic (exact) mass is 525 g/mol. The summed E-state index contributed by atoms with van der Waals surface area (Å²) in [7, 11) is 0. The van der Waals surface area contributed by atoms with Crippen LogP contribution >= 0.6 is 34.5 Å². The molecule has 4 rings (SSSR count). The molecular formula is C20H17Cl2F4N3O3S. The first-order valence-corrected chi connectivity index (χ1v) is 11.3. The van der Waals surface area contributed by atoms with Crippen molar-refractivity contribution in [3.63, 3.8) is 0 Å². The van der Waals surface area contributed by atoms with Crippen molar-refractivity contribution in [1.29, 1.82) is 0 Å². The Balaban J connectivity index is 1.52. The summed E-state index contributed by atoms with van der Waals surface area (Å²) in [6, 6.07) is 3.37. The van der Waals surface area contributed by atoms with Gasteiger partial charge in [0, 0.05) is 17.0 Å². The lowest BCUT2D eigenvalue weighted by Gasteiger charge is -2.30. The molecule has 2 aliphatic rings. The maximum absolute atomic E-state index is 14.1. The lowest BCUT2D eigenvalue weighted by molar-refractivity contribution is -0.275. The Morgan fingerprint density at radius 1 is 1.27 bits per heavy atom. The molecule has 0 spiro atoms. The molecule has 1 atom stereocenters. The Morgan fingerprint density at radius 3 is 2.52 bits per heavy atom. The highest BCUT2D eigenvalue weighted by molar-refractivity contribution is 7.14. The smallest absolute Gasteiger partial charge is 0.372 e. The van der Waals surface area contributed by atoms with Crippen molar-refractivity contribution in [2.24, 2.45) is 5.16 Å². The second-order valence-corrected chi connectivity index (χ2v) is 9.82. The summed E-state index contributed by atoms with van der Waals surface area (Å²) in [5.41, 5.74) is -0.136. The van der Waals surface area contributed by atoms with Crippen LogP contribution in [0.5, 0.6) is 0 Å². The maximum Gasteiger partial charge on any atom is 0.435 e. The lowest BCUT2D eigenvalue weighted by atomic mass is 9.89. The second-order valence-electron chi connectivity index (χ2n) is 7.87. The average molecular weight is 526 g/mol. The highest BCUT2D eigenvalue weighted by atomic mass is 35.5. The summed E-state index contributed by atoms with van der Waals surface area (Å²) >= 11 is 12.7. The summed E-state index contributed by atoms with van der Waals surface area (Å²) in [4.78, 5) is 25.1. The number of hydroxylamine groups is 1. The Labute approximate surface area is 200 Å². The zero-order valence-electron chi connectivity index (χ0n) is 17.2. The molecule has 1 N–H and O–H groups in total. The molecule has 6 nitrogen and oxygen atoms in total. The normalized spacial score (nSPS) is 20.2. The number of carbonyl (C=O) groups is 1. The molecule has 0 fully saturated rings. The van der Waals surface area contributed by atoms with Gasteiger partial charge in [-0.25, -0.2) is 9.87 Å². The fraction of sp³-hybridized carbons (Fsp3) is 0.400. The lowest BCUT2D eigenvalue weighted by Crippen LogP contribution is -2.44. The van der Waals surface area contributed by atoms with Crippen molar-refractivity contribution in [2.75, 3.05) is 0 Å². The predicted molar refractivity (Wildman–Crippen MR) is 115 cm³/mol. The summed E-state index contributed by atoms with van der Waals surface area (Å²) in [6.07, 6.45) is -5.70. The van der Waals surface area contributed by atoms with Crippen molar-refractivity contribution >= 4 is 46.3 Å². The average Bonchev–Trinajstić information content (AvgIpc) is 3.42. The largest absolute Gasteiger partial charge is 0.435 e. The first-order chi connectivity index (χ1) is 15.4. The molecule has 1 unspecified atom stereocenters. The first-order valence-electron chi connectivity index (χ1n) is 9.70. The number of nitrogens with one attached hydrogen (secondary N) is 1. The SMILES string of the molecule is CC(C)ONC(=O)c1cc2c(s1)CN(C1=NOC(c3cc(Cl)c(F)c(Cl)c3)(C(F)(F)F)C1)C2. The van der Waals surface area contributed by atoms with E-state index in [4.69, 9.17) is 32.9 Å². The van der Waals surface area contributed by atoms with Crippen LogP contribution in [0.15, 0.2) is 23.4 Å². The van der Waals surface area contributed by atoms with E-state index in [-0.39, 0.29) is 25.0 Å². The van der Waals surface area contributed by atoms with Gasteiger partial charge in [-0.3, -0.25) is 9.63 Å². The van der Waals surface area contributed by atoms with Crippen LogP contribution in [-0.2, 0) is 28.4 Å². The van der Waals surface area contributed by atoms with Crippen LogP contribution in [0, 0.1) is 5.82 Å². The highest BCUT2D eigenvalue weighted by Gasteiger charge is 2.63. The number of halogens is 6. The molecule has 0 bridgehead atoms. The molecule has 13 heteroatoms. The van der Waals surface area contributed by atoms with E-state index in [1.54, 1.807) is 24.8 Å². The number of nitrogens with zero attached hydrogens (tertiary/aromatic N) is 2. The van der Waals surface area contributed by atoms with Crippen LogP contribution < -0.4 is 5.48 Å². The fourth-order valence-corrected chi connectivity index (χ4v) is 5.09. The molecule has 0 aliphatic carbocycles. The molecule has 178 valence electrons. The van der Waals surface area contributed by atoms with E-state index in [2.05, 4.69) is 10.6 Å². The Kier molecular flexibility index (Phi) is 6.27. The van der Waals surface area contributed by atoms with Crippen LogP contribution in [0.4, 0.5) is 17.6 Å². The van der Waals surface area contributed by atoms with Crippen LogP contribution in [0.25, 0.3) is 0 Å². The summed E-state index contributed by atoms with van der Waals surface area (Å²) in [5.74, 6) is -1.33. The molecule has 2 aliphatic heterocycles. The second kappa shape index (κ2) is 8.61. The van der Waals surface area contributed by atoms with E-state index in [0.717, 1.165) is 22.6 Å². The molecule has 0 radical (unpaired) electrons. The molecule has 2 aromatic rings. The summed E-state index contributed by atoms with van der Waals surface area (Å²) < 4.78 is 56.2. The topological polar surface area (TPSA) is 63.2 Å². The molecule has 3 heterocycles. The number of thiophene rings is 1. The molecule has 0 saturated heterocycles. The summed E-state index contributed by atoms with van der Waals surface area (Å²) in [5, 5.41) is 2.62. The van der Waals surface area contributed by atoms with Gasteiger partial charge in [0.2, 0.25) is 0 Å². The van der Waals surface area contributed by atoms with Crippen LogP contribution in [-0.4, -0.2) is 28.9 Å². The van der Waals surface area contributed by atoms with Crippen molar-refractivity contribution < 1.29 is 32.0 Å². The standard InChI is InChI=1S/C20H17Cl2F4N3O3S/c1-9(2)31-28-18(30)14-3-10-7-29(8-15(10)33-14)16-6-19(32-27-16,20(24,25)26)11-4-12(21)17(23)13(22)5-11/h3-5,9H,6-8H2,1-2H3,(H,28,30). The van der Waals surface area contributed by atoms with Gasteiger partial charge >= 0.3 is 6.18 Å². The Morgan fingerprint density at radius 2 is 1.94 bits per heavy atom. The van der Waals surface area contributed by atoms with Crippen LogP contribution in [0.1, 0.15) is 45.9 Å². The number of amides is 1. The van der Waals surface area contributed by atoms with E-state index in [1.165, 1.54) is 11.3 Å². The van der Waals surface area contributed by atoms with Crippen molar-refractivity contribution in [3.05, 3.63) is 54.9 Å². The zero-order chi connectivity index (χ0) is 24.1. The number of benzene rings is 1. The third-order valence-electron chi connectivity index (χ3n) is 5.19. The van der Waals surface area contributed by atoms with E-state index >= 15 is 0 Å². The minimum Gasteiger partial charge on any atom is -0.372 e. The number of carbonyl (C=O) groups excluding carboxylic acids is 1. The molecule has 0 saturated carbocycles. The number of hydrogen-bond donors (Lipinski definition) is 1. The third kappa shape index (κ3) is 4.39. The molecule has 1 amide bonds. The van der Waals surface area contributed by atoms with E-state index in [0.29, 0.717) is 4.88 Å². The van der Waals surface area contributed by atoms with Crippen molar-refractivity contribution in [3.8, 4) is 0 Å². The van der Waals surface area contributed by atoms with Crippen LogP contribution in [0.2, 0.25) is 10.0 Å². The Bertz CT molecular complexity index is 1090. The fourth-order valence-electron chi connectivity index (χ4n) is 3.53. The van der Waals surface area contributed by atoms with E-state index in [1.807, 2.05) is 0 Å². The molecular weight excluding hydrogens is 509 g/mol. The molecule has 1 aromatic heterocycles. The van der Waals surface area contributed by atoms with Gasteiger partial charge in [0.1, 0.15) is 5.84 Å². The van der Waals surface area contributed by atoms with Crippen molar-refractivity contribution in [2.45, 2.75) is 51.2 Å². The van der Waals surface area contributed by atoms with Gasteiger partial charge < -0.3 is 9.74 Å². The van der Waals surface area contributed by atoms with E-state index < -0.39 is 45.5 Å². The minimum atomic E-state index is -4.88. The van der Waals surface area contributed by atoms with Gasteiger partial charge in [-0.05, 0) is 37.6 Å². The summed E-state index contributed by atoms with van der Waals surface area (Å²) in [6.45, 7) is 4.06. The van der Waals surface area contributed by atoms with Gasteiger partial charge in [-0.2, -0.15) is 13.2 Å². The van der Waals surface area contributed by atoms with Gasteiger partial charge in [0.05, 0.1) is 34.0 Å². The van der Waals surface area contributed by atoms with Crippen LogP contribution in [0.3, 0.4) is 0 Å². The van der Waals surface area contributed by atoms with Gasteiger partial charge in [-0.1, -0.05) is 28.4 Å². The van der Waals surface area contributed by atoms with E-state index in [9.17, 15) is 22.4 Å². The minimum absolute atomic E-state index is 0.0708. The predicted octanol–water partition coefficient (Wildman–Crippen LogP) is 5.77. The third-order valence-corrected chi connectivity index (χ3v) is 6.90. The number of rotatable bonds is 4. The number of oxime groups is 1. The Hall–Kier alpha value is -2.08. The van der Waals surface area contributed by atoms with Crippen molar-refractivity contribution in [1.82, 2.24) is 10.4 Å². The highest BCUT2D eigenvalue weighted by Crippen LogP contribution is 2.50. The number of alkyl halides is 3. The zero-order valence-corrected chi connectivity index (χ0v) is 19.6. The maximum atomic E-state index is 14.1.